The fourth-order valence-corrected chi connectivity index (χ4v) is 2.70. The molecule has 6 heteroatoms. The summed E-state index contributed by atoms with van der Waals surface area (Å²) >= 11 is 0. The number of hydrogen-bond donors (Lipinski definition) is 1. The fraction of sp³-hybridized carbons (Fsp3) is 0.300. The topological polar surface area (TPSA) is 76.9 Å². The van der Waals surface area contributed by atoms with Crippen molar-refractivity contribution in [2.24, 2.45) is 13.0 Å². The zero-order valence-corrected chi connectivity index (χ0v) is 15.2. The van der Waals surface area contributed by atoms with Gasteiger partial charge in [-0.25, -0.2) is 9.97 Å². The zero-order chi connectivity index (χ0) is 18.7. The third-order valence-corrected chi connectivity index (χ3v) is 4.25. The van der Waals surface area contributed by atoms with Crippen molar-refractivity contribution in [3.63, 3.8) is 0 Å². The van der Waals surface area contributed by atoms with Crippen LogP contribution < -0.4 is 10.9 Å². The van der Waals surface area contributed by atoms with Gasteiger partial charge < -0.3 is 5.32 Å². The first-order chi connectivity index (χ1) is 12.5. The van der Waals surface area contributed by atoms with E-state index in [1.165, 1.54) is 4.57 Å². The number of amides is 1. The molecule has 1 N–H and O–H groups in total. The van der Waals surface area contributed by atoms with Gasteiger partial charge in [-0.3, -0.25) is 14.2 Å². The highest BCUT2D eigenvalue weighted by Gasteiger charge is 2.12. The number of nitrogens with zero attached hydrogens (tertiary/aromatic N) is 3. The Labute approximate surface area is 151 Å². The van der Waals surface area contributed by atoms with Crippen LogP contribution in [0.5, 0.6) is 0 Å². The standard InChI is InChI=1S/C20H22N4O2/c1-13(2)10-12-22-19(25)15-8-6-14(7-9-15)17-20(26)24(3)18-16(23-17)5-4-11-21-18/h4-9,11,13H,10,12H2,1-3H3,(H,22,25). The molecular weight excluding hydrogens is 328 g/mol. The van der Waals surface area contributed by atoms with Gasteiger partial charge in [-0.05, 0) is 36.6 Å². The van der Waals surface area contributed by atoms with E-state index >= 15 is 0 Å². The number of carbonyl (C=O) groups excluding carboxylic acids is 1. The van der Waals surface area contributed by atoms with Crippen LogP contribution in [0.25, 0.3) is 22.4 Å². The summed E-state index contributed by atoms with van der Waals surface area (Å²) in [7, 11) is 1.68. The van der Waals surface area contributed by atoms with Crippen molar-refractivity contribution in [2.45, 2.75) is 20.3 Å². The summed E-state index contributed by atoms with van der Waals surface area (Å²) in [6.45, 7) is 4.89. The normalized spacial score (nSPS) is 11.1. The highest BCUT2D eigenvalue weighted by molar-refractivity contribution is 5.94. The van der Waals surface area contributed by atoms with Crippen LogP contribution in [0.4, 0.5) is 0 Å². The van der Waals surface area contributed by atoms with Gasteiger partial charge in [-0.1, -0.05) is 26.0 Å². The predicted octanol–water partition coefficient (Wildman–Crippen LogP) is 2.77. The predicted molar refractivity (Wildman–Crippen MR) is 102 cm³/mol. The molecular formula is C20H22N4O2. The molecule has 3 aromatic rings. The van der Waals surface area contributed by atoms with Gasteiger partial charge >= 0.3 is 0 Å². The molecule has 2 aromatic heterocycles. The lowest BCUT2D eigenvalue weighted by Gasteiger charge is -2.09. The third-order valence-electron chi connectivity index (χ3n) is 4.25. The summed E-state index contributed by atoms with van der Waals surface area (Å²) in [6.07, 6.45) is 2.57. The number of benzene rings is 1. The minimum Gasteiger partial charge on any atom is -0.352 e. The Balaban J connectivity index is 1.87. The van der Waals surface area contributed by atoms with Gasteiger partial charge in [0.1, 0.15) is 11.2 Å². The SMILES string of the molecule is CC(C)CCNC(=O)c1ccc(-c2nc3cccnc3n(C)c2=O)cc1. The van der Waals surface area contributed by atoms with E-state index in [1.54, 1.807) is 43.6 Å². The lowest BCUT2D eigenvalue weighted by atomic mass is 10.1. The number of pyridine rings is 1. The van der Waals surface area contributed by atoms with Gasteiger partial charge in [-0.15, -0.1) is 0 Å². The Morgan fingerprint density at radius 3 is 2.62 bits per heavy atom. The molecule has 0 spiro atoms. The van der Waals surface area contributed by atoms with E-state index < -0.39 is 0 Å². The van der Waals surface area contributed by atoms with Crippen molar-refractivity contribution in [1.29, 1.82) is 0 Å². The van der Waals surface area contributed by atoms with Crippen LogP contribution in [0, 0.1) is 5.92 Å². The van der Waals surface area contributed by atoms with E-state index in [2.05, 4.69) is 29.1 Å². The van der Waals surface area contributed by atoms with Gasteiger partial charge in [0.2, 0.25) is 0 Å². The van der Waals surface area contributed by atoms with Gasteiger partial charge in [-0.2, -0.15) is 0 Å². The first kappa shape index (κ1) is 17.8. The highest BCUT2D eigenvalue weighted by atomic mass is 16.1. The van der Waals surface area contributed by atoms with Crippen LogP contribution in [0.1, 0.15) is 30.6 Å². The lowest BCUT2D eigenvalue weighted by Crippen LogP contribution is -2.25. The minimum atomic E-state index is -0.217. The minimum absolute atomic E-state index is 0.110. The second kappa shape index (κ2) is 7.47. The van der Waals surface area contributed by atoms with Crippen LogP contribution in [0.3, 0.4) is 0 Å². The first-order valence-corrected chi connectivity index (χ1v) is 8.67. The monoisotopic (exact) mass is 350 g/mol. The molecule has 0 unspecified atom stereocenters. The van der Waals surface area contributed by atoms with Crippen LogP contribution >= 0.6 is 0 Å². The van der Waals surface area contributed by atoms with Gasteiger partial charge in [0.25, 0.3) is 11.5 Å². The molecule has 134 valence electrons. The smallest absolute Gasteiger partial charge is 0.278 e. The van der Waals surface area contributed by atoms with Crippen molar-refractivity contribution in [1.82, 2.24) is 19.9 Å². The number of aryl methyl sites for hydroxylation is 1. The van der Waals surface area contributed by atoms with E-state index in [1.807, 2.05) is 6.07 Å². The average Bonchev–Trinajstić information content (AvgIpc) is 2.64. The van der Waals surface area contributed by atoms with E-state index in [-0.39, 0.29) is 11.5 Å². The Hall–Kier alpha value is -3.02. The average molecular weight is 350 g/mol. The number of rotatable bonds is 5. The maximum atomic E-state index is 12.6. The molecule has 0 aliphatic heterocycles. The fourth-order valence-electron chi connectivity index (χ4n) is 2.70. The number of nitrogens with one attached hydrogen (secondary N) is 1. The Morgan fingerprint density at radius 2 is 1.92 bits per heavy atom. The molecule has 0 atom stereocenters. The second-order valence-corrected chi connectivity index (χ2v) is 6.69. The molecule has 1 aromatic carbocycles. The molecule has 3 rings (SSSR count). The van der Waals surface area contributed by atoms with Crippen molar-refractivity contribution in [2.75, 3.05) is 6.54 Å². The van der Waals surface area contributed by atoms with Crippen LogP contribution in [-0.2, 0) is 7.05 Å². The number of carbonyl (C=O) groups is 1. The molecule has 6 nitrogen and oxygen atoms in total. The quantitative estimate of drug-likeness (QED) is 0.768. The van der Waals surface area contributed by atoms with E-state index in [4.69, 9.17) is 0 Å². The largest absolute Gasteiger partial charge is 0.352 e. The molecule has 0 bridgehead atoms. The van der Waals surface area contributed by atoms with E-state index in [0.29, 0.717) is 40.4 Å². The van der Waals surface area contributed by atoms with Gasteiger partial charge in [0, 0.05) is 30.9 Å². The molecule has 0 fully saturated rings. The van der Waals surface area contributed by atoms with Crippen molar-refractivity contribution in [3.05, 3.63) is 58.5 Å². The summed E-state index contributed by atoms with van der Waals surface area (Å²) in [5.41, 5.74) is 2.57. The Bertz CT molecular complexity index is 991. The van der Waals surface area contributed by atoms with Crippen molar-refractivity contribution in [3.8, 4) is 11.3 Å². The lowest BCUT2D eigenvalue weighted by molar-refractivity contribution is 0.0952. The van der Waals surface area contributed by atoms with E-state index in [9.17, 15) is 9.59 Å². The Morgan fingerprint density at radius 1 is 1.19 bits per heavy atom. The van der Waals surface area contributed by atoms with Crippen LogP contribution in [0.2, 0.25) is 0 Å². The summed E-state index contributed by atoms with van der Waals surface area (Å²) in [6, 6.07) is 10.5. The molecule has 1 amide bonds. The maximum Gasteiger partial charge on any atom is 0.278 e. The maximum absolute atomic E-state index is 12.6. The molecule has 0 aliphatic rings. The molecule has 0 aliphatic carbocycles. The summed E-state index contributed by atoms with van der Waals surface area (Å²) in [5.74, 6) is 0.433. The molecule has 0 saturated carbocycles. The summed E-state index contributed by atoms with van der Waals surface area (Å²) in [5, 5.41) is 2.91. The summed E-state index contributed by atoms with van der Waals surface area (Å²) < 4.78 is 1.49. The molecule has 0 radical (unpaired) electrons. The van der Waals surface area contributed by atoms with E-state index in [0.717, 1.165) is 6.42 Å². The Kier molecular flexibility index (Phi) is 5.11. The van der Waals surface area contributed by atoms with Crippen molar-refractivity contribution >= 4 is 17.1 Å². The number of aromatic nitrogens is 3. The zero-order valence-electron chi connectivity index (χ0n) is 15.2. The molecule has 2 heterocycles. The van der Waals surface area contributed by atoms with Crippen molar-refractivity contribution < 1.29 is 4.79 Å². The van der Waals surface area contributed by atoms with Gasteiger partial charge in [0.15, 0.2) is 5.65 Å². The molecule has 0 saturated heterocycles. The number of hydrogen-bond acceptors (Lipinski definition) is 4. The van der Waals surface area contributed by atoms with Crippen LogP contribution in [0.15, 0.2) is 47.4 Å². The third kappa shape index (κ3) is 3.64. The highest BCUT2D eigenvalue weighted by Crippen LogP contribution is 2.17. The first-order valence-electron chi connectivity index (χ1n) is 8.67. The van der Waals surface area contributed by atoms with Gasteiger partial charge in [0.05, 0.1) is 0 Å². The second-order valence-electron chi connectivity index (χ2n) is 6.69. The number of fused-ring (bicyclic) bond motifs is 1. The van der Waals surface area contributed by atoms with Crippen LogP contribution in [-0.4, -0.2) is 27.0 Å². The summed E-state index contributed by atoms with van der Waals surface area (Å²) in [4.78, 5) is 33.4. The molecule has 26 heavy (non-hydrogen) atoms.